The normalized spacial score (nSPS) is 11.7. The maximum atomic E-state index is 4.34. The summed E-state index contributed by atoms with van der Waals surface area (Å²) in [7, 11) is 0. The van der Waals surface area contributed by atoms with E-state index in [4.69, 9.17) is 0 Å². The summed E-state index contributed by atoms with van der Waals surface area (Å²) in [5, 5.41) is 0. The van der Waals surface area contributed by atoms with E-state index in [1.165, 1.54) is 32.1 Å². The van der Waals surface area contributed by atoms with Crippen molar-refractivity contribution in [3.05, 3.63) is 24.3 Å². The molecule has 0 spiro atoms. The molecule has 0 amide bonds. The van der Waals surface area contributed by atoms with Gasteiger partial charge in [0.1, 0.15) is 6.33 Å². The van der Waals surface area contributed by atoms with E-state index in [1.54, 1.807) is 6.33 Å². The van der Waals surface area contributed by atoms with Crippen LogP contribution in [0.15, 0.2) is 18.6 Å². The molecule has 0 atom stereocenters. The van der Waals surface area contributed by atoms with Crippen molar-refractivity contribution < 1.29 is 0 Å². The molecule has 0 N–H and O–H groups in total. The predicted molar refractivity (Wildman–Crippen MR) is 63.8 cm³/mol. The van der Waals surface area contributed by atoms with Gasteiger partial charge in [-0.1, -0.05) is 46.5 Å². The van der Waals surface area contributed by atoms with E-state index >= 15 is 0 Å². The number of rotatable bonds is 6. The molecule has 1 heterocycles. The van der Waals surface area contributed by atoms with Crippen LogP contribution in [0.1, 0.15) is 58.6 Å². The van der Waals surface area contributed by atoms with Crippen molar-refractivity contribution in [3.63, 3.8) is 0 Å². The third-order valence-corrected chi connectivity index (χ3v) is 2.93. The smallest absolute Gasteiger partial charge is 0.115 e. The summed E-state index contributed by atoms with van der Waals surface area (Å²) in [4.78, 5) is 8.30. The zero-order valence-electron chi connectivity index (χ0n) is 10.2. The van der Waals surface area contributed by atoms with Gasteiger partial charge in [-0.3, -0.25) is 0 Å². The van der Waals surface area contributed by atoms with Crippen LogP contribution in [0.3, 0.4) is 0 Å². The van der Waals surface area contributed by atoms with Gasteiger partial charge in [-0.15, -0.1) is 0 Å². The number of hydrogen-bond acceptors (Lipinski definition) is 2. The Kier molecular flexibility index (Phi) is 4.73. The summed E-state index contributed by atoms with van der Waals surface area (Å²) in [5.41, 5.74) is 1.35. The van der Waals surface area contributed by atoms with E-state index in [2.05, 4.69) is 30.7 Å². The second kappa shape index (κ2) is 5.84. The fourth-order valence-corrected chi connectivity index (χ4v) is 1.81. The fourth-order valence-electron chi connectivity index (χ4n) is 1.81. The van der Waals surface area contributed by atoms with E-state index in [9.17, 15) is 0 Å². The third-order valence-electron chi connectivity index (χ3n) is 2.93. The summed E-state index contributed by atoms with van der Waals surface area (Å²) in [5.74, 6) is 0. The molecule has 1 rings (SSSR count). The molecular weight excluding hydrogens is 184 g/mol. The zero-order valence-corrected chi connectivity index (χ0v) is 10.2. The first-order valence-electron chi connectivity index (χ1n) is 5.93. The Morgan fingerprint density at radius 3 is 2.60 bits per heavy atom. The maximum Gasteiger partial charge on any atom is 0.115 e. The first kappa shape index (κ1) is 12.2. The molecule has 1 aromatic rings. The van der Waals surface area contributed by atoms with Gasteiger partial charge in [-0.25, -0.2) is 9.97 Å². The van der Waals surface area contributed by atoms with Crippen LogP contribution in [0.5, 0.6) is 0 Å². The molecule has 0 radical (unpaired) electrons. The molecular formula is C13H22N2. The quantitative estimate of drug-likeness (QED) is 0.663. The fraction of sp³-hybridized carbons (Fsp3) is 0.692. The molecule has 0 aliphatic carbocycles. The summed E-state index contributed by atoms with van der Waals surface area (Å²) in [6.45, 7) is 6.78. The van der Waals surface area contributed by atoms with E-state index in [-0.39, 0.29) is 5.41 Å². The SMILES string of the molecule is CCCCCCC(C)(C)c1ccncn1. The van der Waals surface area contributed by atoms with Crippen LogP contribution in [0.25, 0.3) is 0 Å². The molecule has 0 unspecified atom stereocenters. The Morgan fingerprint density at radius 2 is 2.00 bits per heavy atom. The van der Waals surface area contributed by atoms with Crippen LogP contribution in [0, 0.1) is 0 Å². The molecule has 0 aliphatic rings. The van der Waals surface area contributed by atoms with Gasteiger partial charge in [-0.2, -0.15) is 0 Å². The average Bonchev–Trinajstić information content (AvgIpc) is 2.26. The summed E-state index contributed by atoms with van der Waals surface area (Å²) in [6.07, 6.45) is 9.97. The molecule has 2 heteroatoms. The molecule has 0 aromatic carbocycles. The third kappa shape index (κ3) is 3.98. The van der Waals surface area contributed by atoms with Crippen LogP contribution >= 0.6 is 0 Å². The summed E-state index contributed by atoms with van der Waals surface area (Å²) in [6, 6.07) is 2.03. The van der Waals surface area contributed by atoms with Gasteiger partial charge in [0, 0.05) is 17.3 Å². The lowest BCUT2D eigenvalue weighted by Crippen LogP contribution is -2.18. The Morgan fingerprint density at radius 1 is 1.20 bits per heavy atom. The van der Waals surface area contributed by atoms with Gasteiger partial charge >= 0.3 is 0 Å². The van der Waals surface area contributed by atoms with Gasteiger partial charge < -0.3 is 0 Å². The number of unbranched alkanes of at least 4 members (excludes halogenated alkanes) is 3. The summed E-state index contributed by atoms with van der Waals surface area (Å²) < 4.78 is 0. The van der Waals surface area contributed by atoms with Crippen molar-refractivity contribution in [2.45, 2.75) is 58.3 Å². The lowest BCUT2D eigenvalue weighted by atomic mass is 9.83. The Hall–Kier alpha value is -0.920. The second-order valence-corrected chi connectivity index (χ2v) is 4.79. The molecule has 0 fully saturated rings. The van der Waals surface area contributed by atoms with Crippen molar-refractivity contribution in [1.82, 2.24) is 9.97 Å². The lowest BCUT2D eigenvalue weighted by Gasteiger charge is -2.23. The van der Waals surface area contributed by atoms with Crippen LogP contribution in [-0.2, 0) is 5.41 Å². The van der Waals surface area contributed by atoms with Crippen molar-refractivity contribution in [3.8, 4) is 0 Å². The van der Waals surface area contributed by atoms with Crippen molar-refractivity contribution >= 4 is 0 Å². The monoisotopic (exact) mass is 206 g/mol. The summed E-state index contributed by atoms with van der Waals surface area (Å²) >= 11 is 0. The van der Waals surface area contributed by atoms with E-state index in [0.717, 1.165) is 5.69 Å². The highest BCUT2D eigenvalue weighted by molar-refractivity contribution is 5.11. The van der Waals surface area contributed by atoms with E-state index in [1.807, 2.05) is 12.3 Å². The lowest BCUT2D eigenvalue weighted by molar-refractivity contribution is 0.434. The highest BCUT2D eigenvalue weighted by atomic mass is 14.8. The largest absolute Gasteiger partial charge is 0.245 e. The molecule has 0 aliphatic heterocycles. The minimum atomic E-state index is 0.191. The van der Waals surface area contributed by atoms with Gasteiger partial charge in [-0.05, 0) is 12.5 Å². The minimum Gasteiger partial charge on any atom is -0.245 e. The Labute approximate surface area is 93.2 Å². The van der Waals surface area contributed by atoms with Gasteiger partial charge in [0.2, 0.25) is 0 Å². The first-order valence-corrected chi connectivity index (χ1v) is 5.93. The molecule has 15 heavy (non-hydrogen) atoms. The molecule has 1 aromatic heterocycles. The maximum absolute atomic E-state index is 4.34. The van der Waals surface area contributed by atoms with E-state index in [0.29, 0.717) is 0 Å². The van der Waals surface area contributed by atoms with Crippen LogP contribution < -0.4 is 0 Å². The van der Waals surface area contributed by atoms with Crippen LogP contribution in [-0.4, -0.2) is 9.97 Å². The zero-order chi connectivity index (χ0) is 11.1. The predicted octanol–water partition coefficient (Wildman–Crippen LogP) is 3.72. The number of aromatic nitrogens is 2. The molecule has 0 bridgehead atoms. The Balaban J connectivity index is 2.45. The van der Waals surface area contributed by atoms with E-state index < -0.39 is 0 Å². The van der Waals surface area contributed by atoms with Gasteiger partial charge in [0.25, 0.3) is 0 Å². The van der Waals surface area contributed by atoms with Crippen LogP contribution in [0.2, 0.25) is 0 Å². The molecule has 2 nitrogen and oxygen atoms in total. The van der Waals surface area contributed by atoms with Crippen molar-refractivity contribution in [2.24, 2.45) is 0 Å². The topological polar surface area (TPSA) is 25.8 Å². The molecule has 84 valence electrons. The minimum absolute atomic E-state index is 0.191. The molecule has 0 saturated carbocycles. The second-order valence-electron chi connectivity index (χ2n) is 4.79. The highest BCUT2D eigenvalue weighted by Crippen LogP contribution is 2.27. The standard InChI is InChI=1S/C13H22N2/c1-4-5-6-7-9-13(2,3)12-8-10-14-11-15-12/h8,10-11H,4-7,9H2,1-3H3. The molecule has 0 saturated heterocycles. The van der Waals surface area contributed by atoms with Crippen LogP contribution in [0.4, 0.5) is 0 Å². The Bertz CT molecular complexity index is 267. The number of hydrogen-bond donors (Lipinski definition) is 0. The average molecular weight is 206 g/mol. The first-order chi connectivity index (χ1) is 7.17. The van der Waals surface area contributed by atoms with Crippen molar-refractivity contribution in [2.75, 3.05) is 0 Å². The van der Waals surface area contributed by atoms with Crippen molar-refractivity contribution in [1.29, 1.82) is 0 Å². The highest BCUT2D eigenvalue weighted by Gasteiger charge is 2.20. The van der Waals surface area contributed by atoms with Gasteiger partial charge in [0.05, 0.1) is 0 Å². The van der Waals surface area contributed by atoms with Gasteiger partial charge in [0.15, 0.2) is 0 Å². The number of nitrogens with zero attached hydrogens (tertiary/aromatic N) is 2.